The fourth-order valence-electron chi connectivity index (χ4n) is 9.54. The zero-order valence-electron chi connectivity index (χ0n) is 24.3. The number of ketones is 1. The van der Waals surface area contributed by atoms with Gasteiger partial charge in [-0.3, -0.25) is 4.79 Å². The fraction of sp³-hybridized carbons (Fsp3) is 0.571. The second-order valence-corrected chi connectivity index (χ2v) is 14.8. The van der Waals surface area contributed by atoms with Gasteiger partial charge in [-0.05, 0) is 105 Å². The molecular weight excluding hydrogens is 580 g/mol. The van der Waals surface area contributed by atoms with Crippen molar-refractivity contribution in [3.05, 3.63) is 71.8 Å². The van der Waals surface area contributed by atoms with Gasteiger partial charge >= 0.3 is 11.9 Å². The van der Waals surface area contributed by atoms with E-state index in [1.165, 1.54) is 0 Å². The molecule has 4 aliphatic carbocycles. The summed E-state index contributed by atoms with van der Waals surface area (Å²) in [5.41, 5.74) is 0.770. The van der Waals surface area contributed by atoms with E-state index in [0.717, 1.165) is 44.9 Å². The van der Waals surface area contributed by atoms with E-state index >= 15 is 0 Å². The van der Waals surface area contributed by atoms with E-state index in [1.807, 2.05) is 43.3 Å². The molecule has 0 aromatic heterocycles. The number of Topliss-reactive ketones (excluding diaryl/α,β-unsaturated/α-hetero) is 1. The molecule has 4 saturated carbocycles. The van der Waals surface area contributed by atoms with Crippen LogP contribution in [0.3, 0.4) is 0 Å². The SMILES string of the molecule is C[C@H](OC(=O)c1ccccc1)[C@@H]1CC[C@@H]2[C@@H]3CC[C@@H]4C[C@H](OC(=O)c5ccccc5)CC[C@@]4(C)[C@@]3(Br)C(=O)C[C@]21C. The van der Waals surface area contributed by atoms with Crippen molar-refractivity contribution in [1.29, 1.82) is 0 Å². The summed E-state index contributed by atoms with van der Waals surface area (Å²) in [6.07, 6.45) is 6.62. The van der Waals surface area contributed by atoms with Crippen LogP contribution in [0.2, 0.25) is 0 Å². The van der Waals surface area contributed by atoms with E-state index in [9.17, 15) is 14.4 Å². The first-order chi connectivity index (χ1) is 19.6. The summed E-state index contributed by atoms with van der Waals surface area (Å²) in [5.74, 6) is 0.873. The van der Waals surface area contributed by atoms with Crippen molar-refractivity contribution in [2.45, 2.75) is 88.7 Å². The third-order valence-electron chi connectivity index (χ3n) is 11.7. The number of alkyl halides is 1. The van der Waals surface area contributed by atoms with Crippen molar-refractivity contribution < 1.29 is 23.9 Å². The summed E-state index contributed by atoms with van der Waals surface area (Å²) in [5, 5.41) is 0. The monoisotopic (exact) mass is 620 g/mol. The van der Waals surface area contributed by atoms with Crippen LogP contribution in [0.15, 0.2) is 60.7 Å². The molecule has 6 heteroatoms. The number of carbonyl (C=O) groups is 3. The maximum Gasteiger partial charge on any atom is 0.338 e. The Morgan fingerprint density at radius 3 is 2.12 bits per heavy atom. The normalized spacial score (nSPS) is 38.6. The number of hydrogen-bond acceptors (Lipinski definition) is 5. The van der Waals surface area contributed by atoms with Crippen molar-refractivity contribution >= 4 is 33.7 Å². The summed E-state index contributed by atoms with van der Waals surface area (Å²) in [7, 11) is 0. The van der Waals surface area contributed by atoms with Gasteiger partial charge in [0.15, 0.2) is 5.78 Å². The van der Waals surface area contributed by atoms with Crippen molar-refractivity contribution in [3.8, 4) is 0 Å². The van der Waals surface area contributed by atoms with Gasteiger partial charge in [-0.2, -0.15) is 0 Å². The third-order valence-corrected chi connectivity index (χ3v) is 13.6. The van der Waals surface area contributed by atoms with Gasteiger partial charge in [0.2, 0.25) is 0 Å². The first-order valence-electron chi connectivity index (χ1n) is 15.3. The Hall–Kier alpha value is -2.47. The summed E-state index contributed by atoms with van der Waals surface area (Å²) < 4.78 is 11.4. The minimum atomic E-state index is -0.569. The third kappa shape index (κ3) is 4.60. The molecule has 6 rings (SSSR count). The first kappa shape index (κ1) is 28.6. The molecule has 0 amide bonds. The molecule has 5 nitrogen and oxygen atoms in total. The van der Waals surface area contributed by atoms with Gasteiger partial charge in [0.25, 0.3) is 0 Å². The van der Waals surface area contributed by atoms with Gasteiger partial charge in [-0.1, -0.05) is 66.2 Å². The number of esters is 2. The lowest BCUT2D eigenvalue weighted by Crippen LogP contribution is -2.67. The number of fused-ring (bicyclic) bond motifs is 5. The van der Waals surface area contributed by atoms with Gasteiger partial charge in [0.05, 0.1) is 15.5 Å². The molecule has 9 atom stereocenters. The van der Waals surface area contributed by atoms with Crippen LogP contribution < -0.4 is 0 Å². The van der Waals surface area contributed by atoms with Crippen LogP contribution in [0.4, 0.5) is 0 Å². The number of carbonyl (C=O) groups excluding carboxylic acids is 3. The van der Waals surface area contributed by atoms with Gasteiger partial charge in [0.1, 0.15) is 12.2 Å². The lowest BCUT2D eigenvalue weighted by atomic mass is 9.44. The molecule has 41 heavy (non-hydrogen) atoms. The van der Waals surface area contributed by atoms with Gasteiger partial charge in [-0.15, -0.1) is 0 Å². The van der Waals surface area contributed by atoms with E-state index in [2.05, 4.69) is 29.8 Å². The smallest absolute Gasteiger partial charge is 0.338 e. The average Bonchev–Trinajstić information content (AvgIpc) is 3.31. The second kappa shape index (κ2) is 10.7. The molecule has 0 radical (unpaired) electrons. The number of halogens is 1. The number of benzene rings is 2. The quantitative estimate of drug-likeness (QED) is 0.252. The Balaban J connectivity index is 1.18. The molecule has 0 spiro atoms. The maximum absolute atomic E-state index is 14.4. The molecular formula is C35H41BrO5. The largest absolute Gasteiger partial charge is 0.459 e. The Morgan fingerprint density at radius 2 is 1.46 bits per heavy atom. The molecule has 0 aliphatic heterocycles. The highest BCUT2D eigenvalue weighted by molar-refractivity contribution is 9.10. The van der Waals surface area contributed by atoms with E-state index in [0.29, 0.717) is 35.2 Å². The van der Waals surface area contributed by atoms with Crippen LogP contribution in [0.25, 0.3) is 0 Å². The Labute approximate surface area is 251 Å². The minimum Gasteiger partial charge on any atom is -0.459 e. The fourth-order valence-corrected chi connectivity index (χ4v) is 10.7. The van der Waals surface area contributed by atoms with E-state index in [1.54, 1.807) is 24.3 Å². The summed E-state index contributed by atoms with van der Waals surface area (Å²) in [6, 6.07) is 18.4. The summed E-state index contributed by atoms with van der Waals surface area (Å²) in [4.78, 5) is 40.0. The first-order valence-corrected chi connectivity index (χ1v) is 16.1. The van der Waals surface area contributed by atoms with E-state index in [-0.39, 0.29) is 46.8 Å². The van der Waals surface area contributed by atoms with Crippen LogP contribution in [-0.2, 0) is 14.3 Å². The molecule has 218 valence electrons. The van der Waals surface area contributed by atoms with Crippen LogP contribution >= 0.6 is 15.9 Å². The molecule has 0 saturated heterocycles. The predicted octanol–water partition coefficient (Wildman–Crippen LogP) is 7.81. The zero-order chi connectivity index (χ0) is 29.0. The summed E-state index contributed by atoms with van der Waals surface area (Å²) in [6.45, 7) is 6.60. The molecule has 4 aliphatic rings. The van der Waals surface area contributed by atoms with Gasteiger partial charge < -0.3 is 9.47 Å². The van der Waals surface area contributed by atoms with Crippen molar-refractivity contribution in [2.24, 2.45) is 34.5 Å². The molecule has 2 aromatic carbocycles. The standard InChI is InChI=1S/C35H41BrO5/c1-22(40-31(38)23-10-6-4-7-11-23)27-16-17-28-29-15-14-25-20-26(41-32(39)24-12-8-5-9-13-24)18-19-34(25,3)35(29,36)30(37)21-33(27,28)2/h4-13,22,25-29H,14-21H2,1-3H3/t22-,25+,26+,27-,28+,29-,33-,34+,35-/m0/s1. The van der Waals surface area contributed by atoms with Crippen LogP contribution in [0.1, 0.15) is 92.9 Å². The van der Waals surface area contributed by atoms with Crippen LogP contribution in [0, 0.1) is 34.5 Å². The molecule has 0 unspecified atom stereocenters. The Bertz CT molecular complexity index is 1310. The van der Waals surface area contributed by atoms with Crippen molar-refractivity contribution in [1.82, 2.24) is 0 Å². The minimum absolute atomic E-state index is 0.117. The van der Waals surface area contributed by atoms with Crippen LogP contribution in [-0.4, -0.2) is 34.3 Å². The summed E-state index contributed by atoms with van der Waals surface area (Å²) >= 11 is 4.19. The molecule has 0 bridgehead atoms. The van der Waals surface area contributed by atoms with Gasteiger partial charge in [-0.25, -0.2) is 9.59 Å². The highest BCUT2D eigenvalue weighted by Crippen LogP contribution is 2.71. The Kier molecular flexibility index (Phi) is 7.45. The molecule has 0 N–H and O–H groups in total. The van der Waals surface area contributed by atoms with Crippen molar-refractivity contribution in [3.63, 3.8) is 0 Å². The Morgan fingerprint density at radius 1 is 0.854 bits per heavy atom. The predicted molar refractivity (Wildman–Crippen MR) is 161 cm³/mol. The van der Waals surface area contributed by atoms with Gasteiger partial charge in [0, 0.05) is 12.3 Å². The highest BCUT2D eigenvalue weighted by atomic mass is 79.9. The molecule has 0 heterocycles. The lowest BCUT2D eigenvalue weighted by Gasteiger charge is -2.64. The zero-order valence-corrected chi connectivity index (χ0v) is 25.9. The maximum atomic E-state index is 14.4. The van der Waals surface area contributed by atoms with Crippen molar-refractivity contribution in [2.75, 3.05) is 0 Å². The van der Waals surface area contributed by atoms with E-state index < -0.39 is 4.32 Å². The lowest BCUT2D eigenvalue weighted by molar-refractivity contribution is -0.154. The number of ether oxygens (including phenoxy) is 2. The second-order valence-electron chi connectivity index (χ2n) is 13.6. The molecule has 4 fully saturated rings. The van der Waals surface area contributed by atoms with Crippen LogP contribution in [0.5, 0.6) is 0 Å². The average molecular weight is 622 g/mol. The topological polar surface area (TPSA) is 69.7 Å². The highest BCUT2D eigenvalue weighted by Gasteiger charge is 2.70. The number of rotatable bonds is 5. The molecule has 2 aromatic rings. The van der Waals surface area contributed by atoms with E-state index in [4.69, 9.17) is 9.47 Å². The number of hydrogen-bond donors (Lipinski definition) is 0.